The zero-order valence-corrected chi connectivity index (χ0v) is 8.49. The van der Waals surface area contributed by atoms with Crippen LogP contribution in [0.3, 0.4) is 0 Å². The van der Waals surface area contributed by atoms with Crippen molar-refractivity contribution in [1.82, 2.24) is 0 Å². The van der Waals surface area contributed by atoms with Gasteiger partial charge in [0, 0.05) is 5.02 Å². The molecule has 7 heteroatoms. The van der Waals surface area contributed by atoms with E-state index in [4.69, 9.17) is 17.3 Å². The molecule has 1 unspecified atom stereocenters. The van der Waals surface area contributed by atoms with E-state index in [1.807, 2.05) is 0 Å². The highest BCUT2D eigenvalue weighted by atomic mass is 35.5. The second kappa shape index (κ2) is 4.55. The summed E-state index contributed by atoms with van der Waals surface area (Å²) in [5.74, 6) is 0. The van der Waals surface area contributed by atoms with Gasteiger partial charge in [0.2, 0.25) is 0 Å². The molecule has 16 heavy (non-hydrogen) atoms. The van der Waals surface area contributed by atoms with Crippen molar-refractivity contribution in [3.63, 3.8) is 0 Å². The van der Waals surface area contributed by atoms with Crippen molar-refractivity contribution in [2.75, 3.05) is 0 Å². The first-order chi connectivity index (χ1) is 7.23. The van der Waals surface area contributed by atoms with Gasteiger partial charge in [-0.2, -0.15) is 13.2 Å². The molecule has 0 aromatic heterocycles. The maximum atomic E-state index is 12.5. The van der Waals surface area contributed by atoms with Crippen LogP contribution in [-0.4, -0.2) is 6.43 Å². The molecule has 1 atom stereocenters. The second-order valence-electron chi connectivity index (χ2n) is 3.09. The van der Waals surface area contributed by atoms with Crippen LogP contribution in [0.25, 0.3) is 0 Å². The summed E-state index contributed by atoms with van der Waals surface area (Å²) in [7, 11) is 0. The van der Waals surface area contributed by atoms with Gasteiger partial charge in [-0.25, -0.2) is 8.78 Å². The first-order valence-electron chi connectivity index (χ1n) is 4.14. The molecule has 1 rings (SSSR count). The lowest BCUT2D eigenvalue weighted by molar-refractivity contribution is -0.138. The van der Waals surface area contributed by atoms with Crippen molar-refractivity contribution in [1.29, 1.82) is 0 Å². The summed E-state index contributed by atoms with van der Waals surface area (Å²) in [6, 6.07) is 0.559. The van der Waals surface area contributed by atoms with Crippen LogP contribution in [0, 0.1) is 0 Å². The van der Waals surface area contributed by atoms with Crippen molar-refractivity contribution < 1.29 is 22.0 Å². The minimum atomic E-state index is -4.76. The number of hydrogen-bond donors (Lipinski definition) is 1. The molecule has 0 amide bonds. The highest BCUT2D eigenvalue weighted by molar-refractivity contribution is 6.30. The molecule has 2 N–H and O–H groups in total. The highest BCUT2D eigenvalue weighted by Crippen LogP contribution is 2.36. The third-order valence-electron chi connectivity index (χ3n) is 1.95. The Morgan fingerprint density at radius 1 is 1.19 bits per heavy atom. The number of halogens is 6. The molecule has 0 aliphatic heterocycles. The summed E-state index contributed by atoms with van der Waals surface area (Å²) in [6.07, 6.45) is -7.82. The van der Waals surface area contributed by atoms with E-state index in [1.165, 1.54) is 0 Å². The smallest absolute Gasteiger partial charge is 0.319 e. The maximum absolute atomic E-state index is 12.5. The molecule has 0 radical (unpaired) electrons. The van der Waals surface area contributed by atoms with Gasteiger partial charge in [0.15, 0.2) is 0 Å². The SMILES string of the molecule is NC(c1ccc(Cl)cc1C(F)(F)F)C(F)F. The predicted molar refractivity (Wildman–Crippen MR) is 49.4 cm³/mol. The van der Waals surface area contributed by atoms with Gasteiger partial charge in [0.05, 0.1) is 11.6 Å². The van der Waals surface area contributed by atoms with Crippen LogP contribution < -0.4 is 5.73 Å². The van der Waals surface area contributed by atoms with E-state index in [0.717, 1.165) is 12.1 Å². The molecule has 0 saturated carbocycles. The standard InChI is InChI=1S/C9H7ClF5N/c10-4-1-2-5(7(16)8(11)12)6(3-4)9(13,14)15/h1-3,7-8H,16H2. The van der Waals surface area contributed by atoms with Gasteiger partial charge in [0.1, 0.15) is 0 Å². The van der Waals surface area contributed by atoms with Crippen LogP contribution in [0.1, 0.15) is 17.2 Å². The van der Waals surface area contributed by atoms with E-state index in [1.54, 1.807) is 0 Å². The van der Waals surface area contributed by atoms with Gasteiger partial charge in [-0.05, 0) is 17.7 Å². The molecular formula is C9H7ClF5N. The van der Waals surface area contributed by atoms with E-state index in [9.17, 15) is 22.0 Å². The van der Waals surface area contributed by atoms with Crippen LogP contribution in [0.5, 0.6) is 0 Å². The summed E-state index contributed by atoms with van der Waals surface area (Å²) < 4.78 is 62.0. The summed E-state index contributed by atoms with van der Waals surface area (Å²) in [5, 5.41) is -0.183. The number of nitrogens with two attached hydrogens (primary N) is 1. The fraction of sp³-hybridized carbons (Fsp3) is 0.333. The number of alkyl halides is 5. The maximum Gasteiger partial charge on any atom is 0.416 e. The van der Waals surface area contributed by atoms with Crippen molar-refractivity contribution in [3.05, 3.63) is 34.3 Å². The molecule has 1 aromatic rings. The molecule has 1 nitrogen and oxygen atoms in total. The summed E-state index contributed by atoms with van der Waals surface area (Å²) >= 11 is 5.38. The minimum absolute atomic E-state index is 0.183. The fourth-order valence-electron chi connectivity index (χ4n) is 1.20. The Hall–Kier alpha value is -0.880. The van der Waals surface area contributed by atoms with E-state index in [-0.39, 0.29) is 5.02 Å². The van der Waals surface area contributed by atoms with Crippen LogP contribution in [0.15, 0.2) is 18.2 Å². The monoisotopic (exact) mass is 259 g/mol. The van der Waals surface area contributed by atoms with Gasteiger partial charge in [-0.15, -0.1) is 0 Å². The fourth-order valence-corrected chi connectivity index (χ4v) is 1.37. The molecule has 0 fully saturated rings. The third-order valence-corrected chi connectivity index (χ3v) is 2.19. The van der Waals surface area contributed by atoms with E-state index in [2.05, 4.69) is 0 Å². The lowest BCUT2D eigenvalue weighted by atomic mass is 10.0. The minimum Gasteiger partial charge on any atom is -0.319 e. The van der Waals surface area contributed by atoms with Crippen LogP contribution in [-0.2, 0) is 6.18 Å². The first kappa shape index (κ1) is 13.2. The summed E-state index contributed by atoms with van der Waals surface area (Å²) in [4.78, 5) is 0. The topological polar surface area (TPSA) is 26.0 Å². The van der Waals surface area contributed by atoms with Crippen LogP contribution >= 0.6 is 11.6 Å². The number of benzene rings is 1. The predicted octanol–water partition coefficient (Wildman–Crippen LogP) is 3.62. The van der Waals surface area contributed by atoms with E-state index < -0.39 is 29.8 Å². The first-order valence-corrected chi connectivity index (χ1v) is 4.51. The number of hydrogen-bond acceptors (Lipinski definition) is 1. The molecule has 0 bridgehead atoms. The molecule has 0 aliphatic rings. The number of rotatable bonds is 2. The van der Waals surface area contributed by atoms with Gasteiger partial charge in [0.25, 0.3) is 6.43 Å². The molecule has 1 aromatic carbocycles. The van der Waals surface area contributed by atoms with Crippen LogP contribution in [0.4, 0.5) is 22.0 Å². The average molecular weight is 260 g/mol. The Morgan fingerprint density at radius 3 is 2.19 bits per heavy atom. The highest BCUT2D eigenvalue weighted by Gasteiger charge is 2.36. The summed E-state index contributed by atoms with van der Waals surface area (Å²) in [6.45, 7) is 0. The zero-order chi connectivity index (χ0) is 12.5. The Balaban J connectivity index is 3.29. The van der Waals surface area contributed by atoms with Crippen molar-refractivity contribution in [2.45, 2.75) is 18.6 Å². The molecule has 0 spiro atoms. The molecular weight excluding hydrogens is 253 g/mol. The Labute approximate surface area is 93.0 Å². The van der Waals surface area contributed by atoms with Crippen molar-refractivity contribution in [3.8, 4) is 0 Å². The Kier molecular flexibility index (Phi) is 3.75. The normalized spacial score (nSPS) is 14.2. The Bertz CT molecular complexity index is 377. The molecule has 90 valence electrons. The zero-order valence-electron chi connectivity index (χ0n) is 7.73. The second-order valence-corrected chi connectivity index (χ2v) is 3.53. The molecule has 0 saturated heterocycles. The molecule has 0 aliphatic carbocycles. The van der Waals surface area contributed by atoms with Gasteiger partial charge in [-0.3, -0.25) is 0 Å². The third kappa shape index (κ3) is 2.82. The van der Waals surface area contributed by atoms with Crippen LogP contribution in [0.2, 0.25) is 5.02 Å². The lowest BCUT2D eigenvalue weighted by Crippen LogP contribution is -2.23. The van der Waals surface area contributed by atoms with Gasteiger partial charge in [-0.1, -0.05) is 17.7 Å². The lowest BCUT2D eigenvalue weighted by Gasteiger charge is -2.17. The summed E-state index contributed by atoms with van der Waals surface area (Å²) in [5.41, 5.74) is 3.10. The van der Waals surface area contributed by atoms with E-state index >= 15 is 0 Å². The van der Waals surface area contributed by atoms with Gasteiger partial charge < -0.3 is 5.73 Å². The largest absolute Gasteiger partial charge is 0.416 e. The van der Waals surface area contributed by atoms with E-state index in [0.29, 0.717) is 6.07 Å². The van der Waals surface area contributed by atoms with Gasteiger partial charge >= 0.3 is 6.18 Å². The molecule has 0 heterocycles. The average Bonchev–Trinajstić information content (AvgIpc) is 2.15. The van der Waals surface area contributed by atoms with Crippen molar-refractivity contribution >= 4 is 11.6 Å². The van der Waals surface area contributed by atoms with Crippen molar-refractivity contribution in [2.24, 2.45) is 5.73 Å². The Morgan fingerprint density at radius 2 is 1.75 bits per heavy atom. The quantitative estimate of drug-likeness (QED) is 0.807.